The van der Waals surface area contributed by atoms with Gasteiger partial charge in [0.2, 0.25) is 0 Å². The van der Waals surface area contributed by atoms with Crippen molar-refractivity contribution >= 4 is 16.5 Å². The molecule has 4 nitrogen and oxygen atoms in total. The normalized spacial score (nSPS) is 23.9. The van der Waals surface area contributed by atoms with E-state index < -0.39 is 0 Å². The van der Waals surface area contributed by atoms with E-state index in [1.165, 1.54) is 32.4 Å². The van der Waals surface area contributed by atoms with Gasteiger partial charge in [0.05, 0.1) is 17.2 Å². The largest absolute Gasteiger partial charge is 0.391 e. The molecule has 1 aromatic heterocycles. The second-order valence-corrected chi connectivity index (χ2v) is 6.97. The van der Waals surface area contributed by atoms with Crippen LogP contribution in [-0.4, -0.2) is 47.2 Å². The Morgan fingerprint density at radius 2 is 2.10 bits per heavy atom. The van der Waals surface area contributed by atoms with Crippen molar-refractivity contribution in [2.45, 2.75) is 51.7 Å². The zero-order chi connectivity index (χ0) is 13.9. The molecule has 2 fully saturated rings. The summed E-state index contributed by atoms with van der Waals surface area (Å²) in [5, 5.41) is 10.6. The molecule has 0 bridgehead atoms. The molecular formula is C15H25N3OS. The third kappa shape index (κ3) is 2.85. The molecule has 2 aliphatic rings. The highest BCUT2D eigenvalue weighted by Gasteiger charge is 2.30. The fourth-order valence-corrected chi connectivity index (χ4v) is 4.38. The lowest BCUT2D eigenvalue weighted by molar-refractivity contribution is 0.260. The van der Waals surface area contributed by atoms with Gasteiger partial charge in [0, 0.05) is 19.1 Å². The number of hydrogen-bond acceptors (Lipinski definition) is 5. The quantitative estimate of drug-likeness (QED) is 0.904. The van der Waals surface area contributed by atoms with Gasteiger partial charge in [0.1, 0.15) is 0 Å². The van der Waals surface area contributed by atoms with Crippen molar-refractivity contribution in [2.24, 2.45) is 0 Å². The maximum absolute atomic E-state index is 9.47. The third-order valence-corrected chi connectivity index (χ3v) is 5.63. The molecule has 2 saturated heterocycles. The van der Waals surface area contributed by atoms with Crippen LogP contribution in [0.5, 0.6) is 0 Å². The molecule has 5 heteroatoms. The van der Waals surface area contributed by atoms with Gasteiger partial charge in [0.15, 0.2) is 5.13 Å². The van der Waals surface area contributed by atoms with Crippen molar-refractivity contribution in [3.63, 3.8) is 0 Å². The van der Waals surface area contributed by atoms with Gasteiger partial charge in [0.25, 0.3) is 0 Å². The number of anilines is 1. The maximum Gasteiger partial charge on any atom is 0.185 e. The molecule has 112 valence electrons. The van der Waals surface area contributed by atoms with Gasteiger partial charge >= 0.3 is 0 Å². The van der Waals surface area contributed by atoms with E-state index in [2.05, 4.69) is 16.7 Å². The van der Waals surface area contributed by atoms with E-state index in [-0.39, 0.29) is 6.61 Å². The van der Waals surface area contributed by atoms with Crippen molar-refractivity contribution in [1.29, 1.82) is 0 Å². The molecule has 1 N–H and O–H groups in total. The molecule has 0 aliphatic carbocycles. The SMILES string of the molecule is CCCc1nc(N2CCC(N3CCCC3)C2)sc1CO. The molecule has 3 rings (SSSR count). The summed E-state index contributed by atoms with van der Waals surface area (Å²) in [5.41, 5.74) is 1.11. The Morgan fingerprint density at radius 1 is 1.30 bits per heavy atom. The molecule has 0 aromatic carbocycles. The Kier molecular flexibility index (Phi) is 4.58. The van der Waals surface area contributed by atoms with Crippen molar-refractivity contribution in [3.05, 3.63) is 10.6 Å². The molecule has 1 atom stereocenters. The van der Waals surface area contributed by atoms with E-state index in [0.717, 1.165) is 41.6 Å². The number of hydrogen-bond donors (Lipinski definition) is 1. The standard InChI is InChI=1S/C15H25N3OS/c1-2-5-13-14(11-19)20-15(16-13)18-9-6-12(10-18)17-7-3-4-8-17/h12,19H,2-11H2,1H3. The fraction of sp³-hybridized carbons (Fsp3) is 0.800. The van der Waals surface area contributed by atoms with Gasteiger partial charge < -0.3 is 10.0 Å². The first-order valence-corrected chi connectivity index (χ1v) is 8.72. The maximum atomic E-state index is 9.47. The Morgan fingerprint density at radius 3 is 2.80 bits per heavy atom. The van der Waals surface area contributed by atoms with Crippen LogP contribution in [0.4, 0.5) is 5.13 Å². The van der Waals surface area contributed by atoms with Crippen LogP contribution < -0.4 is 4.90 Å². The summed E-state index contributed by atoms with van der Waals surface area (Å²) in [7, 11) is 0. The molecule has 20 heavy (non-hydrogen) atoms. The zero-order valence-corrected chi connectivity index (χ0v) is 13.2. The number of aliphatic hydroxyl groups excluding tert-OH is 1. The van der Waals surface area contributed by atoms with E-state index >= 15 is 0 Å². The number of aryl methyl sites for hydroxylation is 1. The lowest BCUT2D eigenvalue weighted by Gasteiger charge is -2.23. The van der Waals surface area contributed by atoms with E-state index in [1.807, 2.05) is 0 Å². The summed E-state index contributed by atoms with van der Waals surface area (Å²) in [5.74, 6) is 0. The van der Waals surface area contributed by atoms with Crippen LogP contribution in [0.25, 0.3) is 0 Å². The molecule has 0 amide bonds. The van der Waals surface area contributed by atoms with Crippen LogP contribution >= 0.6 is 11.3 Å². The summed E-state index contributed by atoms with van der Waals surface area (Å²) < 4.78 is 0. The Bertz CT molecular complexity index is 442. The van der Waals surface area contributed by atoms with Crippen LogP contribution in [-0.2, 0) is 13.0 Å². The Hall–Kier alpha value is -0.650. The molecule has 3 heterocycles. The number of aromatic nitrogens is 1. The summed E-state index contributed by atoms with van der Waals surface area (Å²) >= 11 is 1.69. The van der Waals surface area contributed by atoms with Crippen molar-refractivity contribution in [2.75, 3.05) is 31.1 Å². The van der Waals surface area contributed by atoms with Gasteiger partial charge in [-0.1, -0.05) is 24.7 Å². The average molecular weight is 295 g/mol. The summed E-state index contributed by atoms with van der Waals surface area (Å²) in [6, 6.07) is 0.716. The van der Waals surface area contributed by atoms with Gasteiger partial charge in [-0.05, 0) is 38.8 Å². The van der Waals surface area contributed by atoms with Crippen LogP contribution in [0.15, 0.2) is 0 Å². The molecule has 0 spiro atoms. The van der Waals surface area contributed by atoms with E-state index in [4.69, 9.17) is 4.98 Å². The first-order chi connectivity index (χ1) is 9.81. The second kappa shape index (κ2) is 6.41. The number of nitrogens with zero attached hydrogens (tertiary/aromatic N) is 3. The predicted molar refractivity (Wildman–Crippen MR) is 83.5 cm³/mol. The molecule has 1 aromatic rings. The van der Waals surface area contributed by atoms with E-state index in [1.54, 1.807) is 11.3 Å². The fourth-order valence-electron chi connectivity index (χ4n) is 3.38. The van der Waals surface area contributed by atoms with Crippen molar-refractivity contribution in [1.82, 2.24) is 9.88 Å². The first kappa shape index (κ1) is 14.3. The number of thiazole rings is 1. The minimum absolute atomic E-state index is 0.135. The summed E-state index contributed by atoms with van der Waals surface area (Å²) in [6.45, 7) is 7.09. The lowest BCUT2D eigenvalue weighted by atomic mass is 10.2. The second-order valence-electron chi connectivity index (χ2n) is 5.91. The minimum atomic E-state index is 0.135. The zero-order valence-electron chi connectivity index (χ0n) is 12.3. The number of rotatable bonds is 5. The first-order valence-electron chi connectivity index (χ1n) is 7.90. The Labute approximate surface area is 125 Å². The summed E-state index contributed by atoms with van der Waals surface area (Å²) in [6.07, 6.45) is 6.06. The van der Waals surface area contributed by atoms with Crippen LogP contribution in [0, 0.1) is 0 Å². The smallest absolute Gasteiger partial charge is 0.185 e. The van der Waals surface area contributed by atoms with Gasteiger partial charge in [-0.3, -0.25) is 4.90 Å². The minimum Gasteiger partial charge on any atom is -0.391 e. The third-order valence-electron chi connectivity index (χ3n) is 4.49. The average Bonchev–Trinajstić information content (AvgIpc) is 3.18. The van der Waals surface area contributed by atoms with Crippen LogP contribution in [0.3, 0.4) is 0 Å². The van der Waals surface area contributed by atoms with Crippen molar-refractivity contribution in [3.8, 4) is 0 Å². The number of aliphatic hydroxyl groups is 1. The predicted octanol–water partition coefficient (Wildman–Crippen LogP) is 2.26. The van der Waals surface area contributed by atoms with E-state index in [9.17, 15) is 5.11 Å². The van der Waals surface area contributed by atoms with Crippen molar-refractivity contribution < 1.29 is 5.11 Å². The van der Waals surface area contributed by atoms with Gasteiger partial charge in [-0.25, -0.2) is 4.98 Å². The topological polar surface area (TPSA) is 39.6 Å². The van der Waals surface area contributed by atoms with Crippen LogP contribution in [0.2, 0.25) is 0 Å². The highest BCUT2D eigenvalue weighted by molar-refractivity contribution is 7.15. The number of likely N-dealkylation sites (tertiary alicyclic amines) is 1. The van der Waals surface area contributed by atoms with Crippen LogP contribution in [0.1, 0.15) is 43.2 Å². The molecule has 0 radical (unpaired) electrons. The monoisotopic (exact) mass is 295 g/mol. The molecule has 1 unspecified atom stereocenters. The molecular weight excluding hydrogens is 270 g/mol. The highest BCUT2D eigenvalue weighted by atomic mass is 32.1. The lowest BCUT2D eigenvalue weighted by Crippen LogP contribution is -2.35. The Balaban J connectivity index is 1.67. The molecule has 2 aliphatic heterocycles. The van der Waals surface area contributed by atoms with E-state index in [0.29, 0.717) is 6.04 Å². The van der Waals surface area contributed by atoms with Gasteiger partial charge in [-0.15, -0.1) is 0 Å². The highest BCUT2D eigenvalue weighted by Crippen LogP contribution is 2.31. The van der Waals surface area contributed by atoms with Gasteiger partial charge in [-0.2, -0.15) is 0 Å². The summed E-state index contributed by atoms with van der Waals surface area (Å²) in [4.78, 5) is 10.9. The molecule has 0 saturated carbocycles.